The van der Waals surface area contributed by atoms with Crippen molar-refractivity contribution in [3.05, 3.63) is 77.0 Å². The average molecular weight is 306 g/mol. The summed E-state index contributed by atoms with van der Waals surface area (Å²) in [6.45, 7) is 4.52. The molecular formula is C19H18N2O2. The highest BCUT2D eigenvalue weighted by Gasteiger charge is 2.17. The fourth-order valence-corrected chi connectivity index (χ4v) is 2.30. The third-order valence-electron chi connectivity index (χ3n) is 3.70. The fourth-order valence-electron chi connectivity index (χ4n) is 2.30. The van der Waals surface area contributed by atoms with Gasteiger partial charge in [-0.05, 0) is 19.4 Å². The molecule has 4 nitrogen and oxygen atoms in total. The molecule has 0 aliphatic carbocycles. The highest BCUT2D eigenvalue weighted by Crippen LogP contribution is 2.23. The van der Waals surface area contributed by atoms with Crippen molar-refractivity contribution in [3.8, 4) is 11.3 Å². The largest absolute Gasteiger partial charge is 0.355 e. The molecule has 2 aromatic carbocycles. The first kappa shape index (κ1) is 15.0. The predicted octanol–water partition coefficient (Wildman–Crippen LogP) is 3.89. The van der Waals surface area contributed by atoms with E-state index in [-0.39, 0.29) is 5.91 Å². The van der Waals surface area contributed by atoms with Crippen molar-refractivity contribution in [3.63, 3.8) is 0 Å². The Morgan fingerprint density at radius 3 is 2.26 bits per heavy atom. The van der Waals surface area contributed by atoms with Crippen molar-refractivity contribution in [2.75, 3.05) is 0 Å². The molecule has 0 fully saturated rings. The molecule has 0 aliphatic rings. The van der Waals surface area contributed by atoms with E-state index in [4.69, 9.17) is 4.52 Å². The van der Waals surface area contributed by atoms with Gasteiger partial charge in [0.25, 0.3) is 5.91 Å². The molecule has 0 saturated heterocycles. The summed E-state index contributed by atoms with van der Waals surface area (Å²) >= 11 is 0. The number of aromatic nitrogens is 1. The van der Waals surface area contributed by atoms with Gasteiger partial charge in [-0.15, -0.1) is 0 Å². The lowest BCUT2D eigenvalue weighted by Gasteiger charge is -2.06. The molecule has 1 heterocycles. The van der Waals surface area contributed by atoms with E-state index in [0.29, 0.717) is 17.9 Å². The van der Waals surface area contributed by atoms with E-state index in [1.807, 2.05) is 62.4 Å². The Labute approximate surface area is 135 Å². The van der Waals surface area contributed by atoms with Crippen molar-refractivity contribution in [2.24, 2.45) is 0 Å². The maximum absolute atomic E-state index is 12.4. The molecule has 0 radical (unpaired) electrons. The van der Waals surface area contributed by atoms with Crippen LogP contribution in [0.25, 0.3) is 11.3 Å². The van der Waals surface area contributed by atoms with Crippen LogP contribution in [0.4, 0.5) is 0 Å². The first-order valence-corrected chi connectivity index (χ1v) is 7.49. The molecule has 3 rings (SSSR count). The van der Waals surface area contributed by atoms with Crippen molar-refractivity contribution in [1.29, 1.82) is 0 Å². The Balaban J connectivity index is 1.74. The van der Waals surface area contributed by atoms with Gasteiger partial charge < -0.3 is 9.84 Å². The molecule has 0 unspecified atom stereocenters. The van der Waals surface area contributed by atoms with Gasteiger partial charge in [0.05, 0.1) is 6.20 Å². The summed E-state index contributed by atoms with van der Waals surface area (Å²) in [6.07, 6.45) is 1.46. The number of aryl methyl sites for hydroxylation is 2. The lowest BCUT2D eigenvalue weighted by molar-refractivity contribution is 0.0951. The summed E-state index contributed by atoms with van der Waals surface area (Å²) < 4.78 is 5.27. The van der Waals surface area contributed by atoms with Gasteiger partial charge in [-0.3, -0.25) is 4.79 Å². The zero-order valence-corrected chi connectivity index (χ0v) is 13.2. The van der Waals surface area contributed by atoms with Crippen LogP contribution in [0, 0.1) is 13.8 Å². The van der Waals surface area contributed by atoms with E-state index in [2.05, 4.69) is 10.5 Å². The van der Waals surface area contributed by atoms with Crippen LogP contribution in [0.5, 0.6) is 0 Å². The van der Waals surface area contributed by atoms with E-state index in [0.717, 1.165) is 16.7 Å². The molecule has 116 valence electrons. The van der Waals surface area contributed by atoms with Gasteiger partial charge in [-0.25, -0.2) is 0 Å². The standard InChI is InChI=1S/C19H18N2O2/c1-13-3-7-15(8-4-13)11-20-19(22)17-12-21-23-18(17)16-9-5-14(2)6-10-16/h3-10,12H,11H2,1-2H3,(H,20,22). The van der Waals surface area contributed by atoms with Crippen LogP contribution in [0.15, 0.2) is 59.3 Å². The summed E-state index contributed by atoms with van der Waals surface area (Å²) in [7, 11) is 0. The number of nitrogens with zero attached hydrogens (tertiary/aromatic N) is 1. The maximum atomic E-state index is 12.4. The Hall–Kier alpha value is -2.88. The Kier molecular flexibility index (Phi) is 4.24. The maximum Gasteiger partial charge on any atom is 0.257 e. The van der Waals surface area contributed by atoms with E-state index < -0.39 is 0 Å². The zero-order valence-electron chi connectivity index (χ0n) is 13.2. The summed E-state index contributed by atoms with van der Waals surface area (Å²) in [5, 5.41) is 6.68. The number of amides is 1. The highest BCUT2D eigenvalue weighted by atomic mass is 16.5. The lowest BCUT2D eigenvalue weighted by atomic mass is 10.1. The molecule has 4 heteroatoms. The minimum Gasteiger partial charge on any atom is -0.355 e. The van der Waals surface area contributed by atoms with Gasteiger partial charge in [0.2, 0.25) is 0 Å². The molecule has 0 bridgehead atoms. The van der Waals surface area contributed by atoms with Gasteiger partial charge in [-0.1, -0.05) is 64.8 Å². The Bertz CT molecular complexity index is 802. The van der Waals surface area contributed by atoms with Crippen molar-refractivity contribution in [2.45, 2.75) is 20.4 Å². The number of hydrogen-bond acceptors (Lipinski definition) is 3. The summed E-state index contributed by atoms with van der Waals surface area (Å²) in [5.74, 6) is 0.300. The summed E-state index contributed by atoms with van der Waals surface area (Å²) in [4.78, 5) is 12.4. The molecule has 23 heavy (non-hydrogen) atoms. The van der Waals surface area contributed by atoms with Crippen LogP contribution >= 0.6 is 0 Å². The van der Waals surface area contributed by atoms with Crippen molar-refractivity contribution >= 4 is 5.91 Å². The van der Waals surface area contributed by atoms with Crippen molar-refractivity contribution < 1.29 is 9.32 Å². The molecular weight excluding hydrogens is 288 g/mol. The van der Waals surface area contributed by atoms with Crippen LogP contribution < -0.4 is 5.32 Å². The second-order valence-electron chi connectivity index (χ2n) is 5.60. The molecule has 1 N–H and O–H groups in total. The van der Waals surface area contributed by atoms with Crippen LogP contribution in [-0.2, 0) is 6.54 Å². The molecule has 0 spiro atoms. The SMILES string of the molecule is Cc1ccc(CNC(=O)c2cnoc2-c2ccc(C)cc2)cc1. The van der Waals surface area contributed by atoms with Crippen LogP contribution in [0.2, 0.25) is 0 Å². The quantitative estimate of drug-likeness (QED) is 0.795. The highest BCUT2D eigenvalue weighted by molar-refractivity contribution is 5.99. The number of carbonyl (C=O) groups is 1. The third-order valence-corrected chi connectivity index (χ3v) is 3.70. The van der Waals surface area contributed by atoms with Gasteiger partial charge in [0, 0.05) is 12.1 Å². The van der Waals surface area contributed by atoms with E-state index >= 15 is 0 Å². The Morgan fingerprint density at radius 1 is 1.00 bits per heavy atom. The molecule has 0 aliphatic heterocycles. The zero-order chi connectivity index (χ0) is 16.2. The van der Waals surface area contributed by atoms with Crippen LogP contribution in [-0.4, -0.2) is 11.1 Å². The van der Waals surface area contributed by atoms with Gasteiger partial charge in [-0.2, -0.15) is 0 Å². The van der Waals surface area contributed by atoms with E-state index in [1.54, 1.807) is 0 Å². The molecule has 0 saturated carbocycles. The number of benzene rings is 2. The second-order valence-corrected chi connectivity index (χ2v) is 5.60. The molecule has 0 atom stereocenters. The summed E-state index contributed by atoms with van der Waals surface area (Å²) in [5.41, 5.74) is 4.69. The van der Waals surface area contributed by atoms with Crippen molar-refractivity contribution in [1.82, 2.24) is 10.5 Å². The van der Waals surface area contributed by atoms with Crippen LogP contribution in [0.3, 0.4) is 0 Å². The minimum absolute atomic E-state index is 0.192. The monoisotopic (exact) mass is 306 g/mol. The first-order chi connectivity index (χ1) is 11.1. The molecule has 1 amide bonds. The molecule has 3 aromatic rings. The fraction of sp³-hybridized carbons (Fsp3) is 0.158. The second kappa shape index (κ2) is 6.48. The number of carbonyl (C=O) groups excluding carboxylic acids is 1. The average Bonchev–Trinajstić information content (AvgIpc) is 3.04. The van der Waals surface area contributed by atoms with E-state index in [9.17, 15) is 4.79 Å². The Morgan fingerprint density at radius 2 is 1.61 bits per heavy atom. The summed E-state index contributed by atoms with van der Waals surface area (Å²) in [6, 6.07) is 15.9. The normalized spacial score (nSPS) is 10.5. The topological polar surface area (TPSA) is 55.1 Å². The number of rotatable bonds is 4. The number of nitrogens with one attached hydrogen (secondary N) is 1. The number of hydrogen-bond donors (Lipinski definition) is 1. The smallest absolute Gasteiger partial charge is 0.257 e. The molecule has 1 aromatic heterocycles. The lowest BCUT2D eigenvalue weighted by Crippen LogP contribution is -2.22. The van der Waals surface area contributed by atoms with Gasteiger partial charge >= 0.3 is 0 Å². The van der Waals surface area contributed by atoms with Crippen LogP contribution in [0.1, 0.15) is 27.0 Å². The first-order valence-electron chi connectivity index (χ1n) is 7.49. The minimum atomic E-state index is -0.192. The van der Waals surface area contributed by atoms with Gasteiger partial charge in [0.1, 0.15) is 5.56 Å². The third kappa shape index (κ3) is 3.48. The predicted molar refractivity (Wildman–Crippen MR) is 89.0 cm³/mol. The van der Waals surface area contributed by atoms with Gasteiger partial charge in [0.15, 0.2) is 5.76 Å². The van der Waals surface area contributed by atoms with E-state index in [1.165, 1.54) is 11.8 Å².